The van der Waals surface area contributed by atoms with Crippen molar-refractivity contribution < 1.29 is 4.42 Å². The van der Waals surface area contributed by atoms with E-state index >= 15 is 0 Å². The van der Waals surface area contributed by atoms with Crippen molar-refractivity contribution in [1.29, 1.82) is 0 Å². The molecule has 0 saturated carbocycles. The van der Waals surface area contributed by atoms with Gasteiger partial charge in [0.1, 0.15) is 11.3 Å². The van der Waals surface area contributed by atoms with Crippen molar-refractivity contribution in [2.45, 2.75) is 26.8 Å². The molecule has 2 aromatic carbocycles. The van der Waals surface area contributed by atoms with Gasteiger partial charge in [-0.1, -0.05) is 57.2 Å². The second kappa shape index (κ2) is 4.10. The molecule has 0 bridgehead atoms. The van der Waals surface area contributed by atoms with Gasteiger partial charge in [0.2, 0.25) is 0 Å². The third-order valence-electron chi connectivity index (χ3n) is 3.67. The lowest BCUT2D eigenvalue weighted by Gasteiger charge is -2.24. The summed E-state index contributed by atoms with van der Waals surface area (Å²) in [4.78, 5) is 0. The zero-order chi connectivity index (χ0) is 13.6. The number of hydrogen-bond donors (Lipinski definition) is 1. The zero-order valence-corrected chi connectivity index (χ0v) is 11.6. The summed E-state index contributed by atoms with van der Waals surface area (Å²) >= 11 is 0. The van der Waals surface area contributed by atoms with Crippen LogP contribution in [0.1, 0.15) is 32.6 Å². The minimum Gasteiger partial charge on any atom is -0.459 e. The first kappa shape index (κ1) is 12.2. The molecule has 0 aliphatic heterocycles. The molecule has 2 nitrogen and oxygen atoms in total. The molecule has 0 aliphatic carbocycles. The Morgan fingerprint density at radius 2 is 1.68 bits per heavy atom. The smallest absolute Gasteiger partial charge is 0.142 e. The Kier molecular flexibility index (Phi) is 2.64. The van der Waals surface area contributed by atoms with Gasteiger partial charge in [-0.25, -0.2) is 0 Å². The number of furan rings is 1. The zero-order valence-electron chi connectivity index (χ0n) is 11.6. The van der Waals surface area contributed by atoms with Crippen molar-refractivity contribution in [3.63, 3.8) is 0 Å². The molecule has 1 heterocycles. The Labute approximate surface area is 113 Å². The molecule has 19 heavy (non-hydrogen) atoms. The van der Waals surface area contributed by atoms with Crippen LogP contribution in [0.15, 0.2) is 46.9 Å². The summed E-state index contributed by atoms with van der Waals surface area (Å²) in [7, 11) is 0. The lowest BCUT2D eigenvalue weighted by Crippen LogP contribution is -2.25. The Bertz CT molecular complexity index is 734. The summed E-state index contributed by atoms with van der Waals surface area (Å²) < 4.78 is 6.04. The van der Waals surface area contributed by atoms with E-state index in [0.717, 1.165) is 22.1 Å². The first-order chi connectivity index (χ1) is 8.97. The summed E-state index contributed by atoms with van der Waals surface area (Å²) in [5, 5.41) is 3.46. The molecule has 1 aromatic heterocycles. The van der Waals surface area contributed by atoms with Crippen molar-refractivity contribution in [2.24, 2.45) is 11.1 Å². The van der Waals surface area contributed by atoms with E-state index in [1.165, 1.54) is 5.39 Å². The quantitative estimate of drug-likeness (QED) is 0.686. The molecule has 3 rings (SSSR count). The highest BCUT2D eigenvalue weighted by atomic mass is 16.3. The van der Waals surface area contributed by atoms with Gasteiger partial charge < -0.3 is 10.2 Å². The van der Waals surface area contributed by atoms with Gasteiger partial charge in [-0.3, -0.25) is 0 Å². The highest BCUT2D eigenvalue weighted by Gasteiger charge is 2.25. The summed E-state index contributed by atoms with van der Waals surface area (Å²) in [5.41, 5.74) is 7.21. The highest BCUT2D eigenvalue weighted by molar-refractivity contribution is 6.04. The van der Waals surface area contributed by atoms with Crippen molar-refractivity contribution in [1.82, 2.24) is 0 Å². The molecule has 1 atom stereocenters. The maximum Gasteiger partial charge on any atom is 0.142 e. The van der Waals surface area contributed by atoms with Crippen LogP contribution in [0.3, 0.4) is 0 Å². The van der Waals surface area contributed by atoms with Crippen LogP contribution in [0.5, 0.6) is 0 Å². The maximum atomic E-state index is 6.29. The van der Waals surface area contributed by atoms with E-state index in [1.807, 2.05) is 12.1 Å². The molecule has 0 spiro atoms. The first-order valence-electron chi connectivity index (χ1n) is 6.63. The molecule has 0 saturated heterocycles. The van der Waals surface area contributed by atoms with E-state index in [-0.39, 0.29) is 11.5 Å². The van der Waals surface area contributed by atoms with E-state index in [4.69, 9.17) is 10.2 Å². The molecule has 1 unspecified atom stereocenters. The van der Waals surface area contributed by atoms with Crippen LogP contribution in [0.2, 0.25) is 0 Å². The van der Waals surface area contributed by atoms with E-state index in [9.17, 15) is 0 Å². The highest BCUT2D eigenvalue weighted by Crippen LogP contribution is 2.35. The van der Waals surface area contributed by atoms with Crippen molar-refractivity contribution >= 4 is 21.7 Å². The molecular weight excluding hydrogens is 234 g/mol. The normalized spacial score (nSPS) is 14.1. The Balaban J connectivity index is 2.23. The monoisotopic (exact) mass is 253 g/mol. The van der Waals surface area contributed by atoms with Crippen LogP contribution < -0.4 is 5.73 Å². The van der Waals surface area contributed by atoms with Gasteiger partial charge in [0.15, 0.2) is 0 Å². The van der Waals surface area contributed by atoms with Crippen LogP contribution in [0.25, 0.3) is 21.7 Å². The van der Waals surface area contributed by atoms with Crippen LogP contribution in [-0.2, 0) is 0 Å². The SMILES string of the molecule is CC(C)(C)C(N)c1cc2ccc3ccccc3c2o1. The third kappa shape index (κ3) is 2.02. The topological polar surface area (TPSA) is 39.2 Å². The summed E-state index contributed by atoms with van der Waals surface area (Å²) in [6.45, 7) is 6.38. The summed E-state index contributed by atoms with van der Waals surface area (Å²) in [5.74, 6) is 0.860. The number of benzene rings is 2. The third-order valence-corrected chi connectivity index (χ3v) is 3.67. The molecular formula is C17H19NO. The second-order valence-electron chi connectivity index (χ2n) is 6.20. The average molecular weight is 253 g/mol. The predicted octanol–water partition coefficient (Wildman–Crippen LogP) is 4.63. The molecule has 98 valence electrons. The summed E-state index contributed by atoms with van der Waals surface area (Å²) in [6, 6.07) is 14.5. The van der Waals surface area contributed by atoms with Gasteiger partial charge in [0.25, 0.3) is 0 Å². The largest absolute Gasteiger partial charge is 0.459 e. The predicted molar refractivity (Wildman–Crippen MR) is 80.1 cm³/mol. The van der Waals surface area contributed by atoms with Crippen LogP contribution >= 0.6 is 0 Å². The first-order valence-corrected chi connectivity index (χ1v) is 6.63. The van der Waals surface area contributed by atoms with E-state index < -0.39 is 0 Å². The Hall–Kier alpha value is -1.80. The number of nitrogens with two attached hydrogens (primary N) is 1. The minimum absolute atomic E-state index is 0.0102. The van der Waals surface area contributed by atoms with Gasteiger partial charge in [-0.2, -0.15) is 0 Å². The van der Waals surface area contributed by atoms with Crippen LogP contribution in [0, 0.1) is 5.41 Å². The van der Waals surface area contributed by atoms with Crippen molar-refractivity contribution in [3.05, 3.63) is 48.2 Å². The fraction of sp³-hybridized carbons (Fsp3) is 0.294. The Morgan fingerprint density at radius 1 is 1.00 bits per heavy atom. The van der Waals surface area contributed by atoms with E-state index in [0.29, 0.717) is 0 Å². The molecule has 0 fully saturated rings. The fourth-order valence-corrected chi connectivity index (χ4v) is 2.37. The summed E-state index contributed by atoms with van der Waals surface area (Å²) in [6.07, 6.45) is 0. The van der Waals surface area contributed by atoms with E-state index in [2.05, 4.69) is 51.1 Å². The molecule has 3 aromatic rings. The van der Waals surface area contributed by atoms with Gasteiger partial charge >= 0.3 is 0 Å². The lowest BCUT2D eigenvalue weighted by atomic mass is 9.86. The van der Waals surface area contributed by atoms with Gasteiger partial charge in [0, 0.05) is 10.8 Å². The van der Waals surface area contributed by atoms with Crippen molar-refractivity contribution in [2.75, 3.05) is 0 Å². The average Bonchev–Trinajstić information content (AvgIpc) is 2.80. The fourth-order valence-electron chi connectivity index (χ4n) is 2.37. The lowest BCUT2D eigenvalue weighted by molar-refractivity contribution is 0.290. The van der Waals surface area contributed by atoms with Gasteiger partial charge in [0.05, 0.1) is 6.04 Å². The molecule has 2 N–H and O–H groups in total. The van der Waals surface area contributed by atoms with Crippen LogP contribution in [0.4, 0.5) is 0 Å². The maximum absolute atomic E-state index is 6.29. The van der Waals surface area contributed by atoms with Gasteiger partial charge in [-0.05, 0) is 16.9 Å². The number of rotatable bonds is 1. The van der Waals surface area contributed by atoms with Crippen LogP contribution in [-0.4, -0.2) is 0 Å². The standard InChI is InChI=1S/C17H19NO/c1-17(2,3)16(18)14-10-12-9-8-11-6-4-5-7-13(11)15(12)19-14/h4-10,16H,18H2,1-3H3. The second-order valence-corrected chi connectivity index (χ2v) is 6.20. The Morgan fingerprint density at radius 3 is 2.42 bits per heavy atom. The van der Waals surface area contributed by atoms with E-state index in [1.54, 1.807) is 0 Å². The van der Waals surface area contributed by atoms with Crippen molar-refractivity contribution in [3.8, 4) is 0 Å². The molecule has 2 heteroatoms. The molecule has 0 amide bonds. The minimum atomic E-state index is -0.0985. The number of fused-ring (bicyclic) bond motifs is 3. The van der Waals surface area contributed by atoms with Gasteiger partial charge in [-0.15, -0.1) is 0 Å². The molecule has 0 radical (unpaired) electrons. The number of hydrogen-bond acceptors (Lipinski definition) is 2. The molecule has 0 aliphatic rings.